The molecule has 3 aromatic rings. The lowest BCUT2D eigenvalue weighted by Crippen LogP contribution is -2.35. The quantitative estimate of drug-likeness (QED) is 0.555. The summed E-state index contributed by atoms with van der Waals surface area (Å²) in [5.41, 5.74) is 5.84. The molecule has 33 heavy (non-hydrogen) atoms. The predicted octanol–water partition coefficient (Wildman–Crippen LogP) is 4.39. The van der Waals surface area contributed by atoms with Crippen molar-refractivity contribution in [1.82, 2.24) is 9.55 Å². The van der Waals surface area contributed by atoms with Crippen LogP contribution in [0.4, 0.5) is 17.1 Å². The molecule has 3 aliphatic rings. The first-order valence-electron chi connectivity index (χ1n) is 12.1. The minimum Gasteiger partial charge on any atom is -0.393 e. The van der Waals surface area contributed by atoms with Crippen LogP contribution in [0, 0.1) is 5.92 Å². The van der Waals surface area contributed by atoms with Gasteiger partial charge < -0.3 is 25.2 Å². The largest absolute Gasteiger partial charge is 0.393 e. The molecule has 1 saturated heterocycles. The summed E-state index contributed by atoms with van der Waals surface area (Å²) in [7, 11) is 0. The van der Waals surface area contributed by atoms with E-state index in [1.807, 2.05) is 12.1 Å². The maximum Gasteiger partial charge on any atom is 0.247 e. The van der Waals surface area contributed by atoms with Crippen molar-refractivity contribution >= 4 is 34.0 Å². The number of hydrogen-bond donors (Lipinski definition) is 3. The number of aromatic nitrogens is 2. The van der Waals surface area contributed by atoms with Gasteiger partial charge in [-0.05, 0) is 68.0 Å². The van der Waals surface area contributed by atoms with Crippen LogP contribution in [0.1, 0.15) is 45.6 Å². The van der Waals surface area contributed by atoms with Gasteiger partial charge in [0.15, 0.2) is 0 Å². The molecule has 2 aromatic carbocycles. The third-order valence-corrected chi connectivity index (χ3v) is 7.15. The SMILES string of the molecule is CC(C)C1C(=O)Nc2ccc(NC3CC3)cc2-c2nc3cc(N4CCC(O)CC4)ccc3n21. The molecule has 2 aliphatic heterocycles. The second-order valence-corrected chi connectivity index (χ2v) is 10.1. The Morgan fingerprint density at radius 3 is 2.61 bits per heavy atom. The molecule has 3 N–H and O–H groups in total. The highest BCUT2D eigenvalue weighted by Crippen LogP contribution is 2.41. The third-order valence-electron chi connectivity index (χ3n) is 7.15. The number of amides is 1. The lowest BCUT2D eigenvalue weighted by molar-refractivity contribution is -0.120. The van der Waals surface area contributed by atoms with Gasteiger partial charge in [-0.1, -0.05) is 13.8 Å². The molecule has 3 heterocycles. The Morgan fingerprint density at radius 2 is 1.88 bits per heavy atom. The Kier molecular flexibility index (Phi) is 4.83. The summed E-state index contributed by atoms with van der Waals surface area (Å²) in [6, 6.07) is 12.7. The number of aliphatic hydroxyl groups excluding tert-OH is 1. The molecule has 172 valence electrons. The van der Waals surface area contributed by atoms with Gasteiger partial charge in [-0.25, -0.2) is 4.98 Å². The number of piperidine rings is 1. The second kappa shape index (κ2) is 7.76. The van der Waals surface area contributed by atoms with Gasteiger partial charge in [0, 0.05) is 36.1 Å². The molecule has 6 rings (SSSR count). The van der Waals surface area contributed by atoms with Gasteiger partial charge in [0.2, 0.25) is 5.91 Å². The Balaban J connectivity index is 1.49. The molecule has 1 atom stereocenters. The van der Waals surface area contributed by atoms with Crippen molar-refractivity contribution in [2.45, 2.75) is 57.7 Å². The van der Waals surface area contributed by atoms with E-state index in [0.29, 0.717) is 6.04 Å². The summed E-state index contributed by atoms with van der Waals surface area (Å²) in [4.78, 5) is 20.7. The molecule has 1 saturated carbocycles. The van der Waals surface area contributed by atoms with Crippen molar-refractivity contribution < 1.29 is 9.90 Å². The van der Waals surface area contributed by atoms with Crippen molar-refractivity contribution in [2.75, 3.05) is 28.6 Å². The standard InChI is InChI=1S/C26H31N5O2/c1-15(2)24-26(33)29-21-7-5-17(27-16-3-4-16)13-20(21)25-28-22-14-18(6-8-23(22)31(24)25)30-11-9-19(32)10-12-30/h5-8,13-16,19,24,27,32H,3-4,9-12H2,1-2H3,(H,29,33). The van der Waals surface area contributed by atoms with E-state index in [4.69, 9.17) is 4.98 Å². The minimum atomic E-state index is -0.340. The number of anilines is 3. The van der Waals surface area contributed by atoms with Gasteiger partial charge in [0.1, 0.15) is 11.9 Å². The highest BCUT2D eigenvalue weighted by Gasteiger charge is 2.34. The Morgan fingerprint density at radius 1 is 1.09 bits per heavy atom. The molecule has 2 fully saturated rings. The van der Waals surface area contributed by atoms with Crippen molar-refractivity contribution in [2.24, 2.45) is 5.92 Å². The van der Waals surface area contributed by atoms with E-state index in [9.17, 15) is 9.90 Å². The second-order valence-electron chi connectivity index (χ2n) is 10.1. The number of hydrogen-bond acceptors (Lipinski definition) is 5. The minimum absolute atomic E-state index is 0.00120. The van der Waals surface area contributed by atoms with Crippen LogP contribution in [-0.4, -0.2) is 45.8 Å². The summed E-state index contributed by atoms with van der Waals surface area (Å²) in [5, 5.41) is 16.6. The molecule has 0 spiro atoms. The van der Waals surface area contributed by atoms with Gasteiger partial charge in [0.05, 0.1) is 22.8 Å². The van der Waals surface area contributed by atoms with Gasteiger partial charge in [-0.15, -0.1) is 0 Å². The number of benzene rings is 2. The fourth-order valence-electron chi connectivity index (χ4n) is 5.20. The smallest absolute Gasteiger partial charge is 0.247 e. The molecule has 1 unspecified atom stereocenters. The molecular formula is C26H31N5O2. The fourth-order valence-corrected chi connectivity index (χ4v) is 5.20. The van der Waals surface area contributed by atoms with E-state index in [1.54, 1.807) is 0 Å². The van der Waals surface area contributed by atoms with Gasteiger partial charge in [-0.2, -0.15) is 0 Å². The van der Waals surface area contributed by atoms with Crippen LogP contribution in [-0.2, 0) is 4.79 Å². The van der Waals surface area contributed by atoms with Gasteiger partial charge in [-0.3, -0.25) is 4.79 Å². The van der Waals surface area contributed by atoms with E-state index >= 15 is 0 Å². The average Bonchev–Trinajstić information content (AvgIpc) is 3.55. The average molecular weight is 446 g/mol. The number of nitrogens with zero attached hydrogens (tertiary/aromatic N) is 3. The lowest BCUT2D eigenvalue weighted by atomic mass is 10.0. The lowest BCUT2D eigenvalue weighted by Gasteiger charge is -2.31. The van der Waals surface area contributed by atoms with Crippen LogP contribution in [0.25, 0.3) is 22.4 Å². The number of nitrogens with one attached hydrogen (secondary N) is 2. The van der Waals surface area contributed by atoms with Crippen LogP contribution in [0.3, 0.4) is 0 Å². The summed E-state index contributed by atoms with van der Waals surface area (Å²) < 4.78 is 2.13. The van der Waals surface area contributed by atoms with Crippen LogP contribution in [0.5, 0.6) is 0 Å². The van der Waals surface area contributed by atoms with Crippen molar-refractivity contribution in [3.63, 3.8) is 0 Å². The molecular weight excluding hydrogens is 414 g/mol. The Labute approximate surface area is 193 Å². The van der Waals surface area contributed by atoms with Crippen LogP contribution >= 0.6 is 0 Å². The normalized spacial score (nSPS) is 21.0. The zero-order chi connectivity index (χ0) is 22.7. The van der Waals surface area contributed by atoms with Crippen molar-refractivity contribution in [3.05, 3.63) is 36.4 Å². The Bertz CT molecular complexity index is 1220. The molecule has 7 nitrogen and oxygen atoms in total. The molecule has 1 aromatic heterocycles. The van der Waals surface area contributed by atoms with Crippen LogP contribution in [0.2, 0.25) is 0 Å². The fraction of sp³-hybridized carbons (Fsp3) is 0.462. The van der Waals surface area contributed by atoms with Crippen molar-refractivity contribution in [3.8, 4) is 11.4 Å². The maximum atomic E-state index is 13.3. The highest BCUT2D eigenvalue weighted by molar-refractivity contribution is 6.02. The monoisotopic (exact) mass is 445 g/mol. The van der Waals surface area contributed by atoms with E-state index in [1.165, 1.54) is 12.8 Å². The van der Waals surface area contributed by atoms with Gasteiger partial charge >= 0.3 is 0 Å². The van der Waals surface area contributed by atoms with Crippen molar-refractivity contribution in [1.29, 1.82) is 0 Å². The third kappa shape index (κ3) is 3.64. The molecule has 1 aliphatic carbocycles. The van der Waals surface area contributed by atoms with Crippen LogP contribution in [0.15, 0.2) is 36.4 Å². The molecule has 0 bridgehead atoms. The zero-order valence-corrected chi connectivity index (χ0v) is 19.2. The zero-order valence-electron chi connectivity index (χ0n) is 19.2. The van der Waals surface area contributed by atoms with E-state index in [-0.39, 0.29) is 24.0 Å². The van der Waals surface area contributed by atoms with E-state index < -0.39 is 0 Å². The summed E-state index contributed by atoms with van der Waals surface area (Å²) in [6.07, 6.45) is 3.79. The highest BCUT2D eigenvalue weighted by atomic mass is 16.3. The summed E-state index contributed by atoms with van der Waals surface area (Å²) >= 11 is 0. The summed E-state index contributed by atoms with van der Waals surface area (Å²) in [6.45, 7) is 5.86. The first-order valence-corrected chi connectivity index (χ1v) is 12.1. The van der Waals surface area contributed by atoms with Gasteiger partial charge in [0.25, 0.3) is 0 Å². The number of aliphatic hydroxyl groups is 1. The summed E-state index contributed by atoms with van der Waals surface area (Å²) in [5.74, 6) is 0.951. The number of carbonyl (C=O) groups excluding carboxylic acids is 1. The maximum absolute atomic E-state index is 13.3. The first kappa shape index (κ1) is 20.5. The van der Waals surface area contributed by atoms with E-state index in [0.717, 1.165) is 65.4 Å². The van der Waals surface area contributed by atoms with Crippen LogP contribution < -0.4 is 15.5 Å². The molecule has 7 heteroatoms. The molecule has 1 amide bonds. The number of carbonyl (C=O) groups is 1. The predicted molar refractivity (Wildman–Crippen MR) is 132 cm³/mol. The Hall–Kier alpha value is -3.06. The first-order chi connectivity index (χ1) is 16.0. The number of fused-ring (bicyclic) bond motifs is 5. The van der Waals surface area contributed by atoms with E-state index in [2.05, 4.69) is 58.2 Å². The number of imidazole rings is 1. The number of rotatable bonds is 4. The molecule has 0 radical (unpaired) electrons. The topological polar surface area (TPSA) is 82.4 Å².